The van der Waals surface area contributed by atoms with Crippen molar-refractivity contribution >= 4 is 5.91 Å². The third-order valence-electron chi connectivity index (χ3n) is 2.08. The van der Waals surface area contributed by atoms with Gasteiger partial charge >= 0.3 is 0 Å². The Labute approximate surface area is 62.0 Å². The Kier molecular flexibility index (Phi) is 2.30. The molecule has 0 aromatic carbocycles. The van der Waals surface area contributed by atoms with Gasteiger partial charge in [-0.3, -0.25) is 4.79 Å². The Morgan fingerprint density at radius 3 is 2.90 bits per heavy atom. The summed E-state index contributed by atoms with van der Waals surface area (Å²) in [5.74, 6) is 0.810. The van der Waals surface area contributed by atoms with E-state index in [0.29, 0.717) is 12.0 Å². The van der Waals surface area contributed by atoms with Crippen molar-refractivity contribution in [3.63, 3.8) is 0 Å². The molecule has 2 atom stereocenters. The summed E-state index contributed by atoms with van der Waals surface area (Å²) in [5.41, 5.74) is 0. The van der Waals surface area contributed by atoms with Crippen molar-refractivity contribution in [3.05, 3.63) is 0 Å². The lowest BCUT2D eigenvalue weighted by atomic mass is 9.93. The lowest BCUT2D eigenvalue weighted by Crippen LogP contribution is -2.41. The molecule has 1 aliphatic rings. The summed E-state index contributed by atoms with van der Waals surface area (Å²) in [6.07, 6.45) is 2.94. The monoisotopic (exact) mass is 141 g/mol. The van der Waals surface area contributed by atoms with Crippen LogP contribution in [0.25, 0.3) is 0 Å². The summed E-state index contributed by atoms with van der Waals surface area (Å²) in [4.78, 5) is 10.9. The molecule has 0 aromatic rings. The average molecular weight is 141 g/mol. The smallest absolute Gasteiger partial charge is 0.220 e. The van der Waals surface area contributed by atoms with E-state index in [9.17, 15) is 4.79 Å². The van der Waals surface area contributed by atoms with Gasteiger partial charge in [-0.2, -0.15) is 0 Å². The second-order valence-electron chi connectivity index (χ2n) is 3.22. The third kappa shape index (κ3) is 1.72. The first-order valence-corrected chi connectivity index (χ1v) is 4.01. The van der Waals surface area contributed by atoms with Gasteiger partial charge < -0.3 is 5.32 Å². The number of carbonyl (C=O) groups excluding carboxylic acids is 1. The Balaban J connectivity index is 2.42. The van der Waals surface area contributed by atoms with Crippen LogP contribution in [0.3, 0.4) is 0 Å². The molecule has 10 heavy (non-hydrogen) atoms. The Morgan fingerprint density at radius 1 is 1.70 bits per heavy atom. The summed E-state index contributed by atoms with van der Waals surface area (Å²) in [6.45, 7) is 4.25. The molecule has 58 valence electrons. The largest absolute Gasteiger partial charge is 0.353 e. The molecule has 1 N–H and O–H groups in total. The highest BCUT2D eigenvalue weighted by molar-refractivity contribution is 5.77. The Hall–Kier alpha value is -0.530. The van der Waals surface area contributed by atoms with Gasteiger partial charge in [-0.05, 0) is 18.8 Å². The Bertz CT molecular complexity index is 133. The highest BCUT2D eigenvalue weighted by Crippen LogP contribution is 2.17. The molecular formula is C8H15NO. The zero-order valence-electron chi connectivity index (χ0n) is 6.68. The molecule has 0 spiro atoms. The first kappa shape index (κ1) is 7.58. The van der Waals surface area contributed by atoms with Crippen LogP contribution < -0.4 is 5.32 Å². The lowest BCUT2D eigenvalue weighted by Gasteiger charge is -2.26. The molecule has 0 saturated carbocycles. The van der Waals surface area contributed by atoms with E-state index in [-0.39, 0.29) is 5.91 Å². The quantitative estimate of drug-likeness (QED) is 0.586. The van der Waals surface area contributed by atoms with E-state index in [2.05, 4.69) is 19.2 Å². The van der Waals surface area contributed by atoms with Crippen molar-refractivity contribution in [2.45, 2.75) is 39.2 Å². The molecular weight excluding hydrogens is 126 g/mol. The van der Waals surface area contributed by atoms with Gasteiger partial charge in [0.25, 0.3) is 0 Å². The molecule has 1 amide bonds. The highest BCUT2D eigenvalue weighted by atomic mass is 16.1. The van der Waals surface area contributed by atoms with Crippen molar-refractivity contribution in [1.29, 1.82) is 0 Å². The first-order chi connectivity index (χ1) is 4.72. The fourth-order valence-electron chi connectivity index (χ4n) is 1.50. The summed E-state index contributed by atoms with van der Waals surface area (Å²) in [6, 6.07) is 0.441. The molecule has 1 fully saturated rings. The number of hydrogen-bond donors (Lipinski definition) is 1. The van der Waals surface area contributed by atoms with E-state index in [1.165, 1.54) is 0 Å². The van der Waals surface area contributed by atoms with Crippen LogP contribution in [0, 0.1) is 5.92 Å². The van der Waals surface area contributed by atoms with Gasteiger partial charge in [0.1, 0.15) is 0 Å². The SMILES string of the molecule is CC[C@@H]1C[C@H](C)CC(=O)N1. The van der Waals surface area contributed by atoms with Crippen LogP contribution in [-0.2, 0) is 4.79 Å². The van der Waals surface area contributed by atoms with E-state index in [4.69, 9.17) is 0 Å². The molecule has 2 nitrogen and oxygen atoms in total. The normalized spacial score (nSPS) is 33.6. The molecule has 2 heteroatoms. The van der Waals surface area contributed by atoms with E-state index in [1.54, 1.807) is 0 Å². The number of piperidine rings is 1. The van der Waals surface area contributed by atoms with Crippen molar-refractivity contribution in [2.75, 3.05) is 0 Å². The van der Waals surface area contributed by atoms with Crippen LogP contribution in [0.5, 0.6) is 0 Å². The zero-order valence-corrected chi connectivity index (χ0v) is 6.68. The summed E-state index contributed by atoms with van der Waals surface area (Å²) >= 11 is 0. The van der Waals surface area contributed by atoms with Crippen LogP contribution in [0.4, 0.5) is 0 Å². The second-order valence-corrected chi connectivity index (χ2v) is 3.22. The maximum Gasteiger partial charge on any atom is 0.220 e. The molecule has 0 radical (unpaired) electrons. The minimum absolute atomic E-state index is 0.227. The van der Waals surface area contributed by atoms with Gasteiger partial charge in [0, 0.05) is 12.5 Å². The van der Waals surface area contributed by atoms with Crippen molar-refractivity contribution in [3.8, 4) is 0 Å². The van der Waals surface area contributed by atoms with Gasteiger partial charge in [-0.1, -0.05) is 13.8 Å². The molecule has 0 bridgehead atoms. The molecule has 0 aromatic heterocycles. The molecule has 0 aliphatic carbocycles. The number of rotatable bonds is 1. The van der Waals surface area contributed by atoms with Gasteiger partial charge in [-0.25, -0.2) is 0 Å². The predicted molar refractivity (Wildman–Crippen MR) is 40.6 cm³/mol. The topological polar surface area (TPSA) is 29.1 Å². The number of amides is 1. The van der Waals surface area contributed by atoms with E-state index >= 15 is 0 Å². The second kappa shape index (κ2) is 3.04. The fraction of sp³-hybridized carbons (Fsp3) is 0.875. The molecule has 1 rings (SSSR count). The Morgan fingerprint density at radius 2 is 2.40 bits per heavy atom. The molecule has 1 heterocycles. The summed E-state index contributed by atoms with van der Waals surface area (Å²) < 4.78 is 0. The van der Waals surface area contributed by atoms with Crippen LogP contribution in [-0.4, -0.2) is 11.9 Å². The van der Waals surface area contributed by atoms with Crippen molar-refractivity contribution in [2.24, 2.45) is 5.92 Å². The first-order valence-electron chi connectivity index (χ1n) is 4.01. The van der Waals surface area contributed by atoms with Crippen molar-refractivity contribution in [1.82, 2.24) is 5.32 Å². The lowest BCUT2D eigenvalue weighted by molar-refractivity contribution is -0.124. The fourth-order valence-corrected chi connectivity index (χ4v) is 1.50. The third-order valence-corrected chi connectivity index (χ3v) is 2.08. The van der Waals surface area contributed by atoms with Crippen LogP contribution in [0.15, 0.2) is 0 Å². The molecule has 0 unspecified atom stereocenters. The summed E-state index contributed by atoms with van der Waals surface area (Å²) in [5, 5.41) is 2.96. The minimum Gasteiger partial charge on any atom is -0.353 e. The highest BCUT2D eigenvalue weighted by Gasteiger charge is 2.21. The number of carbonyl (C=O) groups is 1. The number of hydrogen-bond acceptors (Lipinski definition) is 1. The van der Waals surface area contributed by atoms with Gasteiger partial charge in [0.05, 0.1) is 0 Å². The maximum absolute atomic E-state index is 10.9. The average Bonchev–Trinajstić information content (AvgIpc) is 1.85. The summed E-state index contributed by atoms with van der Waals surface area (Å²) in [7, 11) is 0. The van der Waals surface area contributed by atoms with E-state index in [1.807, 2.05) is 0 Å². The van der Waals surface area contributed by atoms with E-state index < -0.39 is 0 Å². The van der Waals surface area contributed by atoms with Crippen LogP contribution in [0.2, 0.25) is 0 Å². The standard InChI is InChI=1S/C8H15NO/c1-3-7-4-6(2)5-8(10)9-7/h6-7H,3-5H2,1-2H3,(H,9,10)/t6-,7+/m0/s1. The molecule has 1 aliphatic heterocycles. The molecule has 1 saturated heterocycles. The van der Waals surface area contributed by atoms with Crippen LogP contribution >= 0.6 is 0 Å². The van der Waals surface area contributed by atoms with Gasteiger partial charge in [-0.15, -0.1) is 0 Å². The van der Waals surface area contributed by atoms with E-state index in [0.717, 1.165) is 19.3 Å². The van der Waals surface area contributed by atoms with Gasteiger partial charge in [0.2, 0.25) is 5.91 Å². The van der Waals surface area contributed by atoms with Gasteiger partial charge in [0.15, 0.2) is 0 Å². The van der Waals surface area contributed by atoms with Crippen LogP contribution in [0.1, 0.15) is 33.1 Å². The minimum atomic E-state index is 0.227. The zero-order chi connectivity index (χ0) is 7.56. The predicted octanol–water partition coefficient (Wildman–Crippen LogP) is 1.31. The number of nitrogens with one attached hydrogen (secondary N) is 1. The maximum atomic E-state index is 10.9. The van der Waals surface area contributed by atoms with Crippen molar-refractivity contribution < 1.29 is 4.79 Å².